The van der Waals surface area contributed by atoms with Gasteiger partial charge in [0.05, 0.1) is 33.2 Å². The van der Waals surface area contributed by atoms with Gasteiger partial charge >= 0.3 is 5.97 Å². The highest BCUT2D eigenvalue weighted by Crippen LogP contribution is 2.55. The van der Waals surface area contributed by atoms with Crippen molar-refractivity contribution in [2.24, 2.45) is 0 Å². The molecule has 0 bridgehead atoms. The van der Waals surface area contributed by atoms with Crippen LogP contribution in [0.3, 0.4) is 0 Å². The Bertz CT molecular complexity index is 1540. The third-order valence-electron chi connectivity index (χ3n) is 8.38. The van der Waals surface area contributed by atoms with Crippen molar-refractivity contribution in [2.45, 2.75) is 31.7 Å². The molecule has 1 aliphatic carbocycles. The normalized spacial score (nSPS) is 18.6. The van der Waals surface area contributed by atoms with Gasteiger partial charge in [0.25, 0.3) is 0 Å². The third-order valence-corrected chi connectivity index (χ3v) is 12.4. The second-order valence-electron chi connectivity index (χ2n) is 10.6. The van der Waals surface area contributed by atoms with Crippen LogP contribution < -0.4 is 14.7 Å². The van der Waals surface area contributed by atoms with Crippen molar-refractivity contribution in [3.05, 3.63) is 64.2 Å². The Hall–Kier alpha value is -3.78. The maximum Gasteiger partial charge on any atom is 0.342 e. The molecule has 0 saturated heterocycles. The molecular weight excluding hydrogens is 486 g/mol. The molecule has 2 heterocycles. The molecule has 1 atom stereocenters. The fourth-order valence-electron chi connectivity index (χ4n) is 6.48. The Kier molecular flexibility index (Phi) is 5.17. The van der Waals surface area contributed by atoms with E-state index in [0.717, 1.165) is 16.7 Å². The van der Waals surface area contributed by atoms with E-state index in [9.17, 15) is 14.7 Å². The van der Waals surface area contributed by atoms with Crippen LogP contribution in [0.1, 0.15) is 27.0 Å². The number of esters is 1. The van der Waals surface area contributed by atoms with E-state index in [1.165, 1.54) is 12.3 Å². The summed E-state index contributed by atoms with van der Waals surface area (Å²) in [7, 11) is 2.68. The fourth-order valence-corrected chi connectivity index (χ4v) is 9.68. The van der Waals surface area contributed by atoms with Crippen LogP contribution in [0.25, 0.3) is 16.3 Å². The van der Waals surface area contributed by atoms with Crippen LogP contribution in [-0.4, -0.2) is 57.8 Å². The minimum atomic E-state index is -2.16. The standard InChI is InChI=1S/C29H29NO6Si/c1-30-13-18-21-15(12-20(22(18)28(30)32)37(4,5)16-9-7-6-8-10-16)11-17-23(25(21)31)27(35-3)24-19(26(17)34-2)14-36-29(24)33/h6-11,20,31H,12-14H2,1-5H3. The van der Waals surface area contributed by atoms with Crippen molar-refractivity contribution in [1.29, 1.82) is 0 Å². The number of likely N-dealkylation sites (N-methyl/N-ethyl adjacent to an activating group) is 1. The van der Waals surface area contributed by atoms with Gasteiger partial charge in [0.15, 0.2) is 0 Å². The molecule has 6 rings (SSSR count). The molecule has 190 valence electrons. The Labute approximate surface area is 216 Å². The van der Waals surface area contributed by atoms with Gasteiger partial charge in [-0.2, -0.15) is 0 Å². The lowest BCUT2D eigenvalue weighted by Crippen LogP contribution is -2.49. The monoisotopic (exact) mass is 515 g/mol. The number of hydrogen-bond donors (Lipinski definition) is 1. The van der Waals surface area contributed by atoms with E-state index in [1.807, 2.05) is 12.1 Å². The summed E-state index contributed by atoms with van der Waals surface area (Å²) in [6, 6.07) is 12.5. The lowest BCUT2D eigenvalue weighted by atomic mass is 9.82. The smallest absolute Gasteiger partial charge is 0.342 e. The van der Waals surface area contributed by atoms with Gasteiger partial charge in [0, 0.05) is 30.1 Å². The van der Waals surface area contributed by atoms with Crippen molar-refractivity contribution in [2.75, 3.05) is 27.8 Å². The molecule has 0 saturated carbocycles. The number of phenols is 1. The van der Waals surface area contributed by atoms with E-state index in [0.29, 0.717) is 40.6 Å². The second-order valence-corrected chi connectivity index (χ2v) is 15.3. The van der Waals surface area contributed by atoms with Crippen LogP contribution in [0.2, 0.25) is 18.6 Å². The first-order valence-electron chi connectivity index (χ1n) is 12.4. The van der Waals surface area contributed by atoms with Crippen LogP contribution in [0.15, 0.2) is 42.0 Å². The third kappa shape index (κ3) is 3.11. The van der Waals surface area contributed by atoms with Gasteiger partial charge in [-0.05, 0) is 29.2 Å². The highest BCUT2D eigenvalue weighted by atomic mass is 28.3. The van der Waals surface area contributed by atoms with Gasteiger partial charge in [0.1, 0.15) is 29.4 Å². The van der Waals surface area contributed by atoms with Crippen molar-refractivity contribution in [3.63, 3.8) is 0 Å². The predicted molar refractivity (Wildman–Crippen MR) is 143 cm³/mol. The van der Waals surface area contributed by atoms with Gasteiger partial charge in [-0.3, -0.25) is 4.79 Å². The largest absolute Gasteiger partial charge is 0.507 e. The Morgan fingerprint density at radius 1 is 1.05 bits per heavy atom. The first-order chi connectivity index (χ1) is 17.7. The zero-order valence-electron chi connectivity index (χ0n) is 21.6. The number of cyclic esters (lactones) is 1. The Morgan fingerprint density at radius 2 is 1.76 bits per heavy atom. The molecule has 3 aromatic carbocycles. The van der Waals surface area contributed by atoms with Crippen LogP contribution in [-0.2, 0) is 22.6 Å². The maximum absolute atomic E-state index is 13.5. The number of aromatic hydroxyl groups is 1. The van der Waals surface area contributed by atoms with Gasteiger partial charge in [-0.25, -0.2) is 4.79 Å². The fraction of sp³-hybridized carbons (Fsp3) is 0.310. The molecule has 8 heteroatoms. The quantitative estimate of drug-likeness (QED) is 0.418. The van der Waals surface area contributed by atoms with E-state index in [4.69, 9.17) is 14.2 Å². The molecule has 1 amide bonds. The number of rotatable bonds is 4. The molecule has 1 N–H and O–H groups in total. The first-order valence-corrected chi connectivity index (χ1v) is 15.4. The van der Waals surface area contributed by atoms with Crippen LogP contribution >= 0.6 is 0 Å². The van der Waals surface area contributed by atoms with Crippen molar-refractivity contribution in [1.82, 2.24) is 4.90 Å². The summed E-state index contributed by atoms with van der Waals surface area (Å²) in [6.07, 6.45) is 0.628. The summed E-state index contributed by atoms with van der Waals surface area (Å²) < 4.78 is 16.8. The van der Waals surface area contributed by atoms with E-state index in [1.54, 1.807) is 19.1 Å². The highest BCUT2D eigenvalue weighted by Gasteiger charge is 2.47. The van der Waals surface area contributed by atoms with Crippen molar-refractivity contribution in [3.8, 4) is 17.2 Å². The minimum Gasteiger partial charge on any atom is -0.507 e. The molecule has 0 spiro atoms. The Morgan fingerprint density at radius 3 is 2.43 bits per heavy atom. The molecule has 0 fully saturated rings. The van der Waals surface area contributed by atoms with Crippen molar-refractivity contribution >= 4 is 41.5 Å². The number of nitrogens with zero attached hydrogens (tertiary/aromatic N) is 1. The molecular formula is C29H29NO6Si. The average Bonchev–Trinajstić information content (AvgIpc) is 3.41. The summed E-state index contributed by atoms with van der Waals surface area (Å²) in [5, 5.41) is 14.2. The molecule has 2 aliphatic heterocycles. The number of phenolic OH excluding ortho intramolecular Hbond substituents is 1. The summed E-state index contributed by atoms with van der Waals surface area (Å²) in [4.78, 5) is 27.9. The number of methoxy groups -OCH3 is 2. The summed E-state index contributed by atoms with van der Waals surface area (Å²) >= 11 is 0. The van der Waals surface area contributed by atoms with Gasteiger partial charge in [-0.15, -0.1) is 0 Å². The van der Waals surface area contributed by atoms with Crippen molar-refractivity contribution < 1.29 is 28.9 Å². The predicted octanol–water partition coefficient (Wildman–Crippen LogP) is 4.00. The number of carbonyl (C=O) groups excluding carboxylic acids is 2. The van der Waals surface area contributed by atoms with Crippen LogP contribution in [0.4, 0.5) is 0 Å². The molecule has 7 nitrogen and oxygen atoms in total. The lowest BCUT2D eigenvalue weighted by molar-refractivity contribution is -0.124. The van der Waals surface area contributed by atoms with E-state index < -0.39 is 14.0 Å². The molecule has 3 aromatic rings. The van der Waals surface area contributed by atoms with Crippen LogP contribution in [0.5, 0.6) is 17.2 Å². The summed E-state index contributed by atoms with van der Waals surface area (Å²) in [5.74, 6) is 0.303. The summed E-state index contributed by atoms with van der Waals surface area (Å²) in [5.41, 5.74) is 4.25. The van der Waals surface area contributed by atoms with E-state index in [2.05, 4.69) is 37.4 Å². The topological polar surface area (TPSA) is 85.3 Å². The highest BCUT2D eigenvalue weighted by molar-refractivity contribution is 6.92. The molecule has 3 aliphatic rings. The van der Waals surface area contributed by atoms with Gasteiger partial charge < -0.3 is 24.2 Å². The molecule has 0 aromatic heterocycles. The number of ether oxygens (including phenoxy) is 3. The zero-order valence-corrected chi connectivity index (χ0v) is 22.6. The summed E-state index contributed by atoms with van der Waals surface area (Å²) in [6.45, 7) is 5.14. The SMILES string of the molecule is COc1c2c(c(OC)c3c(O)c4c(cc13)CC([Si](C)(C)c1ccccc1)C1=C4CN(C)C1=O)C(=O)OC2. The first kappa shape index (κ1) is 23.6. The molecule has 1 unspecified atom stereocenters. The van der Waals surface area contributed by atoms with E-state index in [-0.39, 0.29) is 35.1 Å². The Balaban J connectivity index is 1.67. The van der Waals surface area contributed by atoms with Gasteiger partial charge in [0.2, 0.25) is 5.91 Å². The maximum atomic E-state index is 13.5. The average molecular weight is 516 g/mol. The number of fused-ring (bicyclic) bond motifs is 4. The van der Waals surface area contributed by atoms with E-state index >= 15 is 0 Å². The molecule has 0 radical (unpaired) electrons. The van der Waals surface area contributed by atoms with Gasteiger partial charge in [-0.1, -0.05) is 48.6 Å². The lowest BCUT2D eigenvalue weighted by Gasteiger charge is -2.37. The van der Waals surface area contributed by atoms with Crippen LogP contribution in [0, 0.1) is 0 Å². The number of hydrogen-bond acceptors (Lipinski definition) is 6. The number of benzene rings is 3. The second kappa shape index (κ2) is 8.11. The molecule has 37 heavy (non-hydrogen) atoms. The number of amides is 1. The zero-order chi connectivity index (χ0) is 26.2. The number of carbonyl (C=O) groups is 2. The minimum absolute atomic E-state index is 0.0124.